The Kier molecular flexibility index (Phi) is 5.44. The highest BCUT2D eigenvalue weighted by Crippen LogP contribution is 2.20. The Morgan fingerprint density at radius 1 is 1.47 bits per heavy atom. The molecule has 4 N–H and O–H groups in total. The molecule has 1 aromatic rings. The zero-order valence-electron chi connectivity index (χ0n) is 10.6. The fourth-order valence-electron chi connectivity index (χ4n) is 1.60. The van der Waals surface area contributed by atoms with Crippen LogP contribution in [0.4, 0.5) is 10.1 Å². The van der Waals surface area contributed by atoms with Crippen molar-refractivity contribution in [3.05, 3.63) is 29.6 Å². The number of para-hydroxylation sites is 1. The van der Waals surface area contributed by atoms with E-state index in [1.54, 1.807) is 0 Å². The number of hydrogen-bond acceptors (Lipinski definition) is 3. The van der Waals surface area contributed by atoms with Crippen molar-refractivity contribution in [2.75, 3.05) is 5.32 Å². The molecule has 0 aromatic heterocycles. The summed E-state index contributed by atoms with van der Waals surface area (Å²) < 4.78 is 13.6. The average Bonchev–Trinajstić information content (AvgIpc) is 2.37. The molecule has 0 unspecified atom stereocenters. The van der Waals surface area contributed by atoms with Crippen LogP contribution in [0.3, 0.4) is 0 Å². The lowest BCUT2D eigenvalue weighted by Crippen LogP contribution is -2.36. The number of rotatable bonds is 6. The van der Waals surface area contributed by atoms with E-state index in [2.05, 4.69) is 5.32 Å². The normalized spacial score (nSPS) is 11.9. The Labute approximate surface area is 110 Å². The van der Waals surface area contributed by atoms with Crippen molar-refractivity contribution < 1.29 is 19.1 Å². The van der Waals surface area contributed by atoms with E-state index >= 15 is 0 Å². The number of carboxylic acids is 1. The summed E-state index contributed by atoms with van der Waals surface area (Å²) in [5.74, 6) is -2.69. The van der Waals surface area contributed by atoms with Gasteiger partial charge in [-0.25, -0.2) is 9.18 Å². The Balaban J connectivity index is 2.87. The molecule has 0 aliphatic carbocycles. The molecule has 5 nitrogen and oxygen atoms in total. The molecule has 0 aliphatic heterocycles. The van der Waals surface area contributed by atoms with E-state index in [9.17, 15) is 14.0 Å². The SMILES string of the molecule is CCCC[C@H](N)C(=O)Nc1c(F)cccc1C(=O)O. The highest BCUT2D eigenvalue weighted by molar-refractivity contribution is 6.02. The summed E-state index contributed by atoms with van der Waals surface area (Å²) in [6.07, 6.45) is 2.14. The topological polar surface area (TPSA) is 92.4 Å². The first-order valence-corrected chi connectivity index (χ1v) is 6.05. The van der Waals surface area contributed by atoms with Crippen LogP contribution in [-0.2, 0) is 4.79 Å². The van der Waals surface area contributed by atoms with Crippen molar-refractivity contribution in [3.63, 3.8) is 0 Å². The van der Waals surface area contributed by atoms with Crippen LogP contribution in [-0.4, -0.2) is 23.0 Å². The fraction of sp³-hybridized carbons (Fsp3) is 0.385. The van der Waals surface area contributed by atoms with Crippen molar-refractivity contribution in [3.8, 4) is 0 Å². The number of hydrogen-bond donors (Lipinski definition) is 3. The molecular weight excluding hydrogens is 251 g/mol. The van der Waals surface area contributed by atoms with E-state index in [0.717, 1.165) is 18.9 Å². The van der Waals surface area contributed by atoms with Crippen LogP contribution in [0, 0.1) is 5.82 Å². The van der Waals surface area contributed by atoms with E-state index in [1.807, 2.05) is 6.92 Å². The minimum Gasteiger partial charge on any atom is -0.478 e. The monoisotopic (exact) mass is 268 g/mol. The molecule has 0 aliphatic rings. The number of unbranched alkanes of at least 4 members (excludes halogenated alkanes) is 1. The van der Waals surface area contributed by atoms with Crippen molar-refractivity contribution in [2.24, 2.45) is 5.73 Å². The predicted octanol–water partition coefficient (Wildman–Crippen LogP) is 1.98. The summed E-state index contributed by atoms with van der Waals surface area (Å²) in [6.45, 7) is 1.96. The van der Waals surface area contributed by atoms with Gasteiger partial charge in [-0.1, -0.05) is 25.8 Å². The van der Waals surface area contributed by atoms with Crippen LogP contribution in [0.2, 0.25) is 0 Å². The van der Waals surface area contributed by atoms with Crippen LogP contribution in [0.25, 0.3) is 0 Å². The summed E-state index contributed by atoms with van der Waals surface area (Å²) in [6, 6.07) is 2.80. The number of halogens is 1. The van der Waals surface area contributed by atoms with E-state index in [-0.39, 0.29) is 11.3 Å². The smallest absolute Gasteiger partial charge is 0.337 e. The molecule has 1 amide bonds. The number of anilines is 1. The lowest BCUT2D eigenvalue weighted by molar-refractivity contribution is -0.117. The number of amides is 1. The number of benzene rings is 1. The molecule has 104 valence electrons. The molecule has 0 fully saturated rings. The number of carbonyl (C=O) groups excluding carboxylic acids is 1. The van der Waals surface area contributed by atoms with Crippen LogP contribution in [0.5, 0.6) is 0 Å². The molecule has 1 atom stereocenters. The Hall–Kier alpha value is -1.95. The van der Waals surface area contributed by atoms with E-state index in [1.165, 1.54) is 12.1 Å². The number of carbonyl (C=O) groups is 2. The van der Waals surface area contributed by atoms with Crippen molar-refractivity contribution in [1.82, 2.24) is 0 Å². The van der Waals surface area contributed by atoms with Gasteiger partial charge in [-0.05, 0) is 18.6 Å². The van der Waals surface area contributed by atoms with Crippen molar-refractivity contribution in [2.45, 2.75) is 32.2 Å². The zero-order valence-corrected chi connectivity index (χ0v) is 10.6. The second-order valence-corrected chi connectivity index (χ2v) is 4.21. The van der Waals surface area contributed by atoms with Crippen molar-refractivity contribution >= 4 is 17.6 Å². The molecule has 0 bridgehead atoms. The third-order valence-electron chi connectivity index (χ3n) is 2.70. The van der Waals surface area contributed by atoms with Gasteiger partial charge in [-0.3, -0.25) is 4.79 Å². The lowest BCUT2D eigenvalue weighted by Gasteiger charge is -2.13. The van der Waals surface area contributed by atoms with Crippen molar-refractivity contribution in [1.29, 1.82) is 0 Å². The van der Waals surface area contributed by atoms with Crippen LogP contribution < -0.4 is 11.1 Å². The first kappa shape index (κ1) is 15.1. The first-order chi connectivity index (χ1) is 8.97. The molecule has 0 spiro atoms. The van der Waals surface area contributed by atoms with Crippen LogP contribution >= 0.6 is 0 Å². The van der Waals surface area contributed by atoms with Gasteiger partial charge in [0, 0.05) is 0 Å². The minimum absolute atomic E-state index is 0.295. The molecule has 0 heterocycles. The molecule has 0 saturated heterocycles. The maximum atomic E-state index is 13.6. The molecule has 19 heavy (non-hydrogen) atoms. The molecule has 6 heteroatoms. The van der Waals surface area contributed by atoms with Crippen LogP contribution in [0.15, 0.2) is 18.2 Å². The molecular formula is C13H17FN2O3. The van der Waals surface area contributed by atoms with Gasteiger partial charge < -0.3 is 16.2 Å². The van der Waals surface area contributed by atoms with Gasteiger partial charge >= 0.3 is 5.97 Å². The third kappa shape index (κ3) is 4.03. The minimum atomic E-state index is -1.31. The summed E-state index contributed by atoms with van der Waals surface area (Å²) in [4.78, 5) is 22.7. The standard InChI is InChI=1S/C13H17FN2O3/c1-2-3-7-10(15)12(17)16-11-8(13(18)19)5-4-6-9(11)14/h4-6,10H,2-3,7,15H2,1H3,(H,16,17)(H,18,19)/t10-/m0/s1. The average molecular weight is 268 g/mol. The summed E-state index contributed by atoms with van der Waals surface area (Å²) in [5, 5.41) is 11.2. The maximum absolute atomic E-state index is 13.6. The van der Waals surface area contributed by atoms with E-state index in [4.69, 9.17) is 10.8 Å². The summed E-state index contributed by atoms with van der Waals surface area (Å²) >= 11 is 0. The fourth-order valence-corrected chi connectivity index (χ4v) is 1.60. The number of carboxylic acid groups (broad SMARTS) is 1. The van der Waals surface area contributed by atoms with Gasteiger partial charge in [-0.15, -0.1) is 0 Å². The second kappa shape index (κ2) is 6.84. The van der Waals surface area contributed by atoms with Gasteiger partial charge in [0.25, 0.3) is 0 Å². The Morgan fingerprint density at radius 3 is 2.74 bits per heavy atom. The molecule has 1 aromatic carbocycles. The van der Waals surface area contributed by atoms with Gasteiger partial charge in [0.1, 0.15) is 5.82 Å². The number of nitrogens with two attached hydrogens (primary N) is 1. The molecule has 0 radical (unpaired) electrons. The lowest BCUT2D eigenvalue weighted by atomic mass is 10.1. The molecule has 0 saturated carbocycles. The van der Waals surface area contributed by atoms with E-state index in [0.29, 0.717) is 6.42 Å². The Morgan fingerprint density at radius 2 is 2.16 bits per heavy atom. The highest BCUT2D eigenvalue weighted by Gasteiger charge is 2.19. The highest BCUT2D eigenvalue weighted by atomic mass is 19.1. The molecule has 1 rings (SSSR count). The van der Waals surface area contributed by atoms with Gasteiger partial charge in [0.2, 0.25) is 5.91 Å². The maximum Gasteiger partial charge on any atom is 0.337 e. The van der Waals surface area contributed by atoms with Gasteiger partial charge in [-0.2, -0.15) is 0 Å². The van der Waals surface area contributed by atoms with E-state index < -0.39 is 23.7 Å². The number of aromatic carboxylic acids is 1. The predicted molar refractivity (Wildman–Crippen MR) is 69.5 cm³/mol. The van der Waals surface area contributed by atoms with Gasteiger partial charge in [0.15, 0.2) is 0 Å². The van der Waals surface area contributed by atoms with Gasteiger partial charge in [0.05, 0.1) is 17.3 Å². The third-order valence-corrected chi connectivity index (χ3v) is 2.70. The summed E-state index contributed by atoms with van der Waals surface area (Å²) in [7, 11) is 0. The van der Waals surface area contributed by atoms with Crippen LogP contribution in [0.1, 0.15) is 36.5 Å². The largest absolute Gasteiger partial charge is 0.478 e. The quantitative estimate of drug-likeness (QED) is 0.735. The summed E-state index contributed by atoms with van der Waals surface area (Å²) in [5.41, 5.74) is 5.01. The second-order valence-electron chi connectivity index (χ2n) is 4.21. The Bertz CT molecular complexity index is 477. The zero-order chi connectivity index (χ0) is 14.4. The first-order valence-electron chi connectivity index (χ1n) is 6.05. The number of nitrogens with one attached hydrogen (secondary N) is 1.